The van der Waals surface area contributed by atoms with E-state index in [0.717, 1.165) is 11.8 Å². The van der Waals surface area contributed by atoms with E-state index in [4.69, 9.17) is 5.11 Å². The maximum atomic E-state index is 12.5. The summed E-state index contributed by atoms with van der Waals surface area (Å²) in [7, 11) is -3.74. The Morgan fingerprint density at radius 2 is 1.77 bits per heavy atom. The average Bonchev–Trinajstić information content (AvgIpc) is 3.15. The first-order valence-corrected chi connectivity index (χ1v) is 9.06. The van der Waals surface area contributed by atoms with Gasteiger partial charge in [-0.3, -0.25) is 4.72 Å². The molecule has 0 aliphatic carbocycles. The van der Waals surface area contributed by atoms with Gasteiger partial charge in [-0.2, -0.15) is 5.10 Å². The van der Waals surface area contributed by atoms with E-state index in [-0.39, 0.29) is 4.90 Å². The van der Waals surface area contributed by atoms with Gasteiger partial charge in [0.15, 0.2) is 0 Å². The Morgan fingerprint density at radius 1 is 1.08 bits per heavy atom. The molecule has 2 N–H and O–H groups in total. The highest BCUT2D eigenvalue weighted by Crippen LogP contribution is 2.18. The van der Waals surface area contributed by atoms with Gasteiger partial charge in [0.25, 0.3) is 10.0 Å². The Bertz CT molecular complexity index is 1020. The van der Waals surface area contributed by atoms with E-state index >= 15 is 0 Å². The van der Waals surface area contributed by atoms with Crippen LogP contribution in [-0.4, -0.2) is 29.3 Å². The summed E-state index contributed by atoms with van der Waals surface area (Å²) in [6, 6.07) is 14.5. The molecular formula is C18H15N3O4S. The van der Waals surface area contributed by atoms with Gasteiger partial charge in [-0.05, 0) is 54.1 Å². The van der Waals surface area contributed by atoms with Crippen molar-refractivity contribution in [2.45, 2.75) is 4.90 Å². The van der Waals surface area contributed by atoms with Crippen LogP contribution in [0.15, 0.2) is 78.0 Å². The fraction of sp³-hybridized carbons (Fsp3) is 0. The molecule has 3 aromatic rings. The molecule has 3 rings (SSSR count). The van der Waals surface area contributed by atoms with Crippen LogP contribution in [0.1, 0.15) is 5.56 Å². The summed E-state index contributed by atoms with van der Waals surface area (Å²) in [5.74, 6) is -1.07. The Balaban J connectivity index is 1.75. The number of carboxylic acid groups (broad SMARTS) is 1. The molecule has 0 unspecified atom stereocenters. The highest BCUT2D eigenvalue weighted by Gasteiger charge is 2.14. The number of anilines is 1. The number of carbonyl (C=O) groups is 1. The minimum Gasteiger partial charge on any atom is -0.478 e. The Morgan fingerprint density at radius 3 is 2.35 bits per heavy atom. The molecule has 7 nitrogen and oxygen atoms in total. The Labute approximate surface area is 150 Å². The van der Waals surface area contributed by atoms with Crippen molar-refractivity contribution in [2.24, 2.45) is 0 Å². The number of benzene rings is 2. The molecule has 1 aromatic heterocycles. The van der Waals surface area contributed by atoms with Crippen LogP contribution in [0, 0.1) is 0 Å². The van der Waals surface area contributed by atoms with E-state index in [1.54, 1.807) is 47.4 Å². The topological polar surface area (TPSA) is 101 Å². The van der Waals surface area contributed by atoms with Crippen molar-refractivity contribution in [2.75, 3.05) is 4.72 Å². The second-order valence-corrected chi connectivity index (χ2v) is 7.03. The van der Waals surface area contributed by atoms with Gasteiger partial charge >= 0.3 is 5.97 Å². The summed E-state index contributed by atoms with van der Waals surface area (Å²) in [5.41, 5.74) is 1.83. The summed E-state index contributed by atoms with van der Waals surface area (Å²) in [5, 5.41) is 12.7. The Hall–Kier alpha value is -3.39. The van der Waals surface area contributed by atoms with Crippen molar-refractivity contribution in [3.63, 3.8) is 0 Å². The standard InChI is InChI=1S/C18H15N3O4S/c22-18(23)11-4-14-2-9-17(10-3-14)26(24,25)20-15-5-7-16(8-6-15)21-13-1-12-19-21/h1-13,20H,(H,22,23). The molecule has 0 bridgehead atoms. The third kappa shape index (κ3) is 4.17. The summed E-state index contributed by atoms with van der Waals surface area (Å²) >= 11 is 0. The SMILES string of the molecule is O=C(O)C=Cc1ccc(S(=O)(=O)Nc2ccc(-n3cccn3)cc2)cc1. The monoisotopic (exact) mass is 369 g/mol. The number of sulfonamides is 1. The quantitative estimate of drug-likeness (QED) is 0.651. The number of nitrogens with one attached hydrogen (secondary N) is 1. The van der Waals surface area contributed by atoms with E-state index in [1.165, 1.54) is 30.3 Å². The third-order valence-corrected chi connectivity index (χ3v) is 4.89. The van der Waals surface area contributed by atoms with Crippen LogP contribution in [0.25, 0.3) is 11.8 Å². The minimum absolute atomic E-state index is 0.0844. The lowest BCUT2D eigenvalue weighted by Gasteiger charge is -2.09. The normalized spacial score (nSPS) is 11.5. The largest absolute Gasteiger partial charge is 0.478 e. The number of hydrogen-bond donors (Lipinski definition) is 2. The van der Waals surface area contributed by atoms with Crippen molar-refractivity contribution < 1.29 is 18.3 Å². The molecule has 0 saturated heterocycles. The maximum Gasteiger partial charge on any atom is 0.328 e. The fourth-order valence-corrected chi connectivity index (χ4v) is 3.30. The summed E-state index contributed by atoms with van der Waals surface area (Å²) in [4.78, 5) is 10.6. The number of carboxylic acids is 1. The van der Waals surface area contributed by atoms with Crippen molar-refractivity contribution in [1.82, 2.24) is 9.78 Å². The number of hydrogen-bond acceptors (Lipinski definition) is 4. The molecule has 0 radical (unpaired) electrons. The molecule has 0 aliphatic rings. The first kappa shape index (κ1) is 17.4. The molecule has 0 aliphatic heterocycles. The highest BCUT2D eigenvalue weighted by molar-refractivity contribution is 7.92. The lowest BCUT2D eigenvalue weighted by molar-refractivity contribution is -0.131. The second-order valence-electron chi connectivity index (χ2n) is 5.34. The van der Waals surface area contributed by atoms with Gasteiger partial charge in [-0.15, -0.1) is 0 Å². The Kier molecular flexibility index (Phi) is 4.85. The molecule has 132 valence electrons. The molecule has 0 amide bonds. The zero-order valence-electron chi connectivity index (χ0n) is 13.5. The average molecular weight is 369 g/mol. The van der Waals surface area contributed by atoms with Crippen molar-refractivity contribution in [1.29, 1.82) is 0 Å². The molecule has 26 heavy (non-hydrogen) atoms. The van der Waals surface area contributed by atoms with Gasteiger partial charge in [0.1, 0.15) is 0 Å². The van der Waals surface area contributed by atoms with Gasteiger partial charge in [-0.25, -0.2) is 17.9 Å². The van der Waals surface area contributed by atoms with Crippen molar-refractivity contribution in [3.05, 3.63) is 78.6 Å². The van der Waals surface area contributed by atoms with Gasteiger partial charge in [0.05, 0.1) is 10.6 Å². The number of aliphatic carboxylic acids is 1. The lowest BCUT2D eigenvalue weighted by Crippen LogP contribution is -2.12. The number of rotatable bonds is 6. The molecular weight excluding hydrogens is 354 g/mol. The predicted octanol–water partition coefficient (Wildman–Crippen LogP) is 2.77. The van der Waals surface area contributed by atoms with E-state index in [1.807, 2.05) is 0 Å². The van der Waals surface area contributed by atoms with Gasteiger partial charge in [-0.1, -0.05) is 12.1 Å². The first-order chi connectivity index (χ1) is 12.4. The van der Waals surface area contributed by atoms with E-state index in [2.05, 4.69) is 9.82 Å². The van der Waals surface area contributed by atoms with E-state index in [0.29, 0.717) is 11.3 Å². The van der Waals surface area contributed by atoms with E-state index < -0.39 is 16.0 Å². The zero-order valence-corrected chi connectivity index (χ0v) is 14.3. The first-order valence-electron chi connectivity index (χ1n) is 7.58. The van der Waals surface area contributed by atoms with E-state index in [9.17, 15) is 13.2 Å². The molecule has 1 heterocycles. The zero-order chi connectivity index (χ0) is 18.6. The predicted molar refractivity (Wildman–Crippen MR) is 97.5 cm³/mol. The summed E-state index contributed by atoms with van der Waals surface area (Å²) < 4.78 is 29.1. The summed E-state index contributed by atoms with van der Waals surface area (Å²) in [6.45, 7) is 0. The van der Waals surface area contributed by atoms with Crippen molar-refractivity contribution in [3.8, 4) is 5.69 Å². The molecule has 0 atom stereocenters. The molecule has 2 aromatic carbocycles. The van der Waals surface area contributed by atoms with Gasteiger partial charge in [0.2, 0.25) is 0 Å². The second kappa shape index (κ2) is 7.24. The number of aromatic nitrogens is 2. The van der Waals surface area contributed by atoms with Crippen LogP contribution in [0.3, 0.4) is 0 Å². The van der Waals surface area contributed by atoms with Crippen LogP contribution in [0.5, 0.6) is 0 Å². The highest BCUT2D eigenvalue weighted by atomic mass is 32.2. The third-order valence-electron chi connectivity index (χ3n) is 3.50. The molecule has 0 spiro atoms. The molecule has 0 saturated carbocycles. The van der Waals surface area contributed by atoms with Crippen LogP contribution in [-0.2, 0) is 14.8 Å². The fourth-order valence-electron chi connectivity index (χ4n) is 2.24. The van der Waals surface area contributed by atoms with Crippen LogP contribution < -0.4 is 4.72 Å². The van der Waals surface area contributed by atoms with Crippen LogP contribution in [0.4, 0.5) is 5.69 Å². The van der Waals surface area contributed by atoms with Crippen LogP contribution in [0.2, 0.25) is 0 Å². The smallest absolute Gasteiger partial charge is 0.328 e. The maximum absolute atomic E-state index is 12.5. The lowest BCUT2D eigenvalue weighted by atomic mass is 10.2. The van der Waals surface area contributed by atoms with Crippen molar-refractivity contribution >= 4 is 27.8 Å². The molecule has 8 heteroatoms. The minimum atomic E-state index is -3.74. The van der Waals surface area contributed by atoms with Gasteiger partial charge in [0, 0.05) is 24.2 Å². The van der Waals surface area contributed by atoms with Gasteiger partial charge < -0.3 is 5.11 Å². The number of nitrogens with zero attached hydrogens (tertiary/aromatic N) is 2. The van der Waals surface area contributed by atoms with Crippen LogP contribution >= 0.6 is 0 Å². The molecule has 0 fully saturated rings. The summed E-state index contributed by atoms with van der Waals surface area (Å²) in [6.07, 6.45) is 5.83.